The molecule has 1 aromatic rings. The molecule has 1 atom stereocenters. The van der Waals surface area contributed by atoms with E-state index in [1.807, 2.05) is 12.1 Å². The van der Waals surface area contributed by atoms with E-state index in [1.54, 1.807) is 24.3 Å². The van der Waals surface area contributed by atoms with Crippen LogP contribution in [-0.2, 0) is 0 Å². The maximum Gasteiger partial charge on any atom is 0.162 e. The van der Waals surface area contributed by atoms with Gasteiger partial charge in [-0.05, 0) is 12.0 Å². The SMILES string of the molecule is N#C[C@H](CCC(=O)c1ccccc1)CN=[N+]=[N-]. The van der Waals surface area contributed by atoms with Crippen molar-refractivity contribution in [3.63, 3.8) is 0 Å². The molecule has 0 N–H and O–H groups in total. The number of ketones is 1. The lowest BCUT2D eigenvalue weighted by Gasteiger charge is -2.04. The molecule has 86 valence electrons. The normalized spacial score (nSPS) is 11.0. The summed E-state index contributed by atoms with van der Waals surface area (Å²) in [5.41, 5.74) is 8.79. The minimum Gasteiger partial charge on any atom is -0.294 e. The van der Waals surface area contributed by atoms with Crippen LogP contribution in [0.15, 0.2) is 35.4 Å². The summed E-state index contributed by atoms with van der Waals surface area (Å²) in [7, 11) is 0. The maximum absolute atomic E-state index is 11.7. The van der Waals surface area contributed by atoms with Crippen molar-refractivity contribution in [2.75, 3.05) is 6.54 Å². The highest BCUT2D eigenvalue weighted by Gasteiger charge is 2.10. The van der Waals surface area contributed by atoms with Gasteiger partial charge in [0.2, 0.25) is 0 Å². The van der Waals surface area contributed by atoms with E-state index in [0.29, 0.717) is 18.4 Å². The smallest absolute Gasteiger partial charge is 0.162 e. The average molecular weight is 228 g/mol. The van der Waals surface area contributed by atoms with Crippen molar-refractivity contribution in [3.05, 3.63) is 46.3 Å². The van der Waals surface area contributed by atoms with Crippen molar-refractivity contribution in [2.24, 2.45) is 11.0 Å². The molecular weight excluding hydrogens is 216 g/mol. The quantitative estimate of drug-likeness (QED) is 0.324. The molecular formula is C12H12N4O. The zero-order valence-corrected chi connectivity index (χ0v) is 9.28. The largest absolute Gasteiger partial charge is 0.294 e. The Morgan fingerprint density at radius 2 is 2.18 bits per heavy atom. The first-order chi connectivity index (χ1) is 8.27. The standard InChI is InChI=1S/C12H12N4O/c13-8-10(9-15-16-14)6-7-12(17)11-4-2-1-3-5-11/h1-5,10H,6-7,9H2/t10-/m0/s1. The molecule has 0 radical (unpaired) electrons. The molecule has 1 aromatic carbocycles. The fraction of sp³-hybridized carbons (Fsp3) is 0.333. The van der Waals surface area contributed by atoms with Gasteiger partial charge in [0.1, 0.15) is 0 Å². The summed E-state index contributed by atoms with van der Waals surface area (Å²) in [6.45, 7) is 0.120. The Hall–Kier alpha value is -2.31. The van der Waals surface area contributed by atoms with Gasteiger partial charge in [0, 0.05) is 23.4 Å². The van der Waals surface area contributed by atoms with Gasteiger partial charge in [0.15, 0.2) is 5.78 Å². The summed E-state index contributed by atoms with van der Waals surface area (Å²) in [6, 6.07) is 11.0. The Labute approximate surface area is 99.3 Å². The van der Waals surface area contributed by atoms with Crippen molar-refractivity contribution in [1.29, 1.82) is 5.26 Å². The first-order valence-electron chi connectivity index (χ1n) is 5.26. The molecule has 0 aliphatic rings. The van der Waals surface area contributed by atoms with E-state index in [2.05, 4.69) is 10.0 Å². The second-order valence-corrected chi connectivity index (χ2v) is 3.57. The predicted molar refractivity (Wildman–Crippen MR) is 63.1 cm³/mol. The summed E-state index contributed by atoms with van der Waals surface area (Å²) in [4.78, 5) is 14.3. The van der Waals surface area contributed by atoms with Crippen LogP contribution >= 0.6 is 0 Å². The highest BCUT2D eigenvalue weighted by Crippen LogP contribution is 2.11. The molecule has 5 nitrogen and oxygen atoms in total. The van der Waals surface area contributed by atoms with Crippen LogP contribution in [0.1, 0.15) is 23.2 Å². The number of carbonyl (C=O) groups is 1. The van der Waals surface area contributed by atoms with E-state index < -0.39 is 5.92 Å². The molecule has 0 aromatic heterocycles. The van der Waals surface area contributed by atoms with Crippen LogP contribution in [0.5, 0.6) is 0 Å². The van der Waals surface area contributed by atoms with Crippen LogP contribution < -0.4 is 0 Å². The highest BCUT2D eigenvalue weighted by molar-refractivity contribution is 5.95. The second kappa shape index (κ2) is 7.04. The number of Topliss-reactive ketones (excluding diaryl/α,β-unsaturated/α-hetero) is 1. The number of hydrogen-bond acceptors (Lipinski definition) is 3. The van der Waals surface area contributed by atoms with E-state index in [4.69, 9.17) is 10.8 Å². The lowest BCUT2D eigenvalue weighted by molar-refractivity contribution is 0.0977. The summed E-state index contributed by atoms with van der Waals surface area (Å²) in [5.74, 6) is -0.384. The number of benzene rings is 1. The molecule has 0 heterocycles. The molecule has 0 saturated heterocycles. The minimum absolute atomic E-state index is 0.00628. The third-order valence-corrected chi connectivity index (χ3v) is 2.36. The Bertz CT molecular complexity index is 457. The van der Waals surface area contributed by atoms with E-state index in [1.165, 1.54) is 0 Å². The molecule has 0 aliphatic heterocycles. The van der Waals surface area contributed by atoms with Gasteiger partial charge in [-0.3, -0.25) is 4.79 Å². The molecule has 5 heteroatoms. The Morgan fingerprint density at radius 3 is 2.76 bits per heavy atom. The maximum atomic E-state index is 11.7. The van der Waals surface area contributed by atoms with E-state index >= 15 is 0 Å². The number of carbonyl (C=O) groups excluding carboxylic acids is 1. The second-order valence-electron chi connectivity index (χ2n) is 3.57. The third-order valence-electron chi connectivity index (χ3n) is 2.36. The lowest BCUT2D eigenvalue weighted by atomic mass is 10.00. The number of hydrogen-bond donors (Lipinski definition) is 0. The lowest BCUT2D eigenvalue weighted by Crippen LogP contribution is -2.06. The Balaban J connectivity index is 2.48. The van der Waals surface area contributed by atoms with Crippen LogP contribution in [0.3, 0.4) is 0 Å². The summed E-state index contributed by atoms with van der Waals surface area (Å²) < 4.78 is 0. The molecule has 0 fully saturated rings. The van der Waals surface area contributed by atoms with Gasteiger partial charge < -0.3 is 0 Å². The van der Waals surface area contributed by atoms with Crippen LogP contribution in [0.25, 0.3) is 10.4 Å². The van der Waals surface area contributed by atoms with Crippen LogP contribution in [0.2, 0.25) is 0 Å². The number of rotatable bonds is 6. The Kier molecular flexibility index (Phi) is 5.29. The zero-order valence-electron chi connectivity index (χ0n) is 9.28. The van der Waals surface area contributed by atoms with E-state index in [0.717, 1.165) is 0 Å². The number of nitriles is 1. The van der Waals surface area contributed by atoms with E-state index in [-0.39, 0.29) is 12.3 Å². The summed E-state index contributed by atoms with van der Waals surface area (Å²) in [6.07, 6.45) is 0.715. The Morgan fingerprint density at radius 1 is 1.47 bits per heavy atom. The van der Waals surface area contributed by atoms with Gasteiger partial charge in [-0.1, -0.05) is 35.4 Å². The van der Waals surface area contributed by atoms with Crippen molar-refractivity contribution >= 4 is 5.78 Å². The van der Waals surface area contributed by atoms with Gasteiger partial charge in [-0.15, -0.1) is 0 Å². The summed E-state index contributed by atoms with van der Waals surface area (Å²) in [5, 5.41) is 12.1. The topological polar surface area (TPSA) is 89.6 Å². The van der Waals surface area contributed by atoms with Gasteiger partial charge in [0.05, 0.1) is 12.0 Å². The first-order valence-corrected chi connectivity index (χ1v) is 5.26. The van der Waals surface area contributed by atoms with Gasteiger partial charge in [-0.2, -0.15) is 5.26 Å². The fourth-order valence-electron chi connectivity index (χ4n) is 1.41. The van der Waals surface area contributed by atoms with Crippen LogP contribution in [-0.4, -0.2) is 12.3 Å². The predicted octanol–water partition coefficient (Wildman–Crippen LogP) is 3.10. The van der Waals surface area contributed by atoms with Crippen molar-refractivity contribution in [1.82, 2.24) is 0 Å². The number of nitrogens with zero attached hydrogens (tertiary/aromatic N) is 4. The molecule has 0 aliphatic carbocycles. The van der Waals surface area contributed by atoms with Crippen molar-refractivity contribution in [2.45, 2.75) is 12.8 Å². The molecule has 1 rings (SSSR count). The zero-order chi connectivity index (χ0) is 12.5. The minimum atomic E-state index is -0.390. The van der Waals surface area contributed by atoms with Gasteiger partial charge in [-0.25, -0.2) is 0 Å². The molecule has 0 bridgehead atoms. The van der Waals surface area contributed by atoms with Crippen LogP contribution in [0.4, 0.5) is 0 Å². The average Bonchev–Trinajstić information content (AvgIpc) is 2.39. The monoisotopic (exact) mass is 228 g/mol. The first kappa shape index (κ1) is 12.8. The highest BCUT2D eigenvalue weighted by atomic mass is 16.1. The molecule has 0 amide bonds. The summed E-state index contributed by atoms with van der Waals surface area (Å²) >= 11 is 0. The third kappa shape index (κ3) is 4.37. The van der Waals surface area contributed by atoms with Gasteiger partial charge >= 0.3 is 0 Å². The van der Waals surface area contributed by atoms with Gasteiger partial charge in [0.25, 0.3) is 0 Å². The molecule has 0 unspecified atom stereocenters. The molecule has 17 heavy (non-hydrogen) atoms. The van der Waals surface area contributed by atoms with Crippen molar-refractivity contribution in [3.8, 4) is 6.07 Å². The van der Waals surface area contributed by atoms with Crippen LogP contribution in [0, 0.1) is 17.2 Å². The molecule has 0 saturated carbocycles. The molecule has 0 spiro atoms. The number of azide groups is 1. The van der Waals surface area contributed by atoms with Crippen molar-refractivity contribution < 1.29 is 4.79 Å². The fourth-order valence-corrected chi connectivity index (χ4v) is 1.41. The van der Waals surface area contributed by atoms with E-state index in [9.17, 15) is 4.79 Å².